The number of carbonyl (C=O) groups is 2. The molecule has 2 atom stereocenters. The van der Waals surface area contributed by atoms with Gasteiger partial charge in [0.15, 0.2) is 6.61 Å². The Morgan fingerprint density at radius 1 is 1.07 bits per heavy atom. The Kier molecular flexibility index (Phi) is 6.66. The number of para-hydroxylation sites is 1. The van der Waals surface area contributed by atoms with Crippen LogP contribution in [-0.4, -0.2) is 60.9 Å². The molecule has 0 bridgehead atoms. The third kappa shape index (κ3) is 5.10. The SMILES string of the molecule is CC(NC(=O)COc1ccccc1)C(=O)N1CCN(C)CC1c1ccccc1. The minimum atomic E-state index is -0.610. The maximum absolute atomic E-state index is 13.1. The lowest BCUT2D eigenvalue weighted by Crippen LogP contribution is -2.55. The zero-order chi connectivity index (χ0) is 19.9. The van der Waals surface area contributed by atoms with Crippen LogP contribution in [0.15, 0.2) is 60.7 Å². The van der Waals surface area contributed by atoms with Crippen LogP contribution in [0.3, 0.4) is 0 Å². The van der Waals surface area contributed by atoms with Gasteiger partial charge < -0.3 is 19.9 Å². The normalized spacial score (nSPS) is 18.4. The number of amides is 2. The average Bonchev–Trinajstić information content (AvgIpc) is 2.73. The number of ether oxygens (including phenoxy) is 1. The Balaban J connectivity index is 1.60. The van der Waals surface area contributed by atoms with Crippen LogP contribution in [0.5, 0.6) is 5.75 Å². The van der Waals surface area contributed by atoms with Gasteiger partial charge in [0.25, 0.3) is 5.91 Å². The number of rotatable bonds is 6. The van der Waals surface area contributed by atoms with Gasteiger partial charge in [0.05, 0.1) is 6.04 Å². The second kappa shape index (κ2) is 9.37. The first-order valence-electron chi connectivity index (χ1n) is 9.56. The first kappa shape index (κ1) is 19.9. The summed E-state index contributed by atoms with van der Waals surface area (Å²) in [6.07, 6.45) is 0. The first-order chi connectivity index (χ1) is 13.5. The summed E-state index contributed by atoms with van der Waals surface area (Å²) in [4.78, 5) is 29.3. The number of benzene rings is 2. The molecule has 0 aliphatic carbocycles. The molecule has 6 heteroatoms. The van der Waals surface area contributed by atoms with E-state index in [0.29, 0.717) is 12.3 Å². The Labute approximate surface area is 166 Å². The topological polar surface area (TPSA) is 61.9 Å². The van der Waals surface area contributed by atoms with E-state index in [9.17, 15) is 9.59 Å². The van der Waals surface area contributed by atoms with Gasteiger partial charge >= 0.3 is 0 Å². The van der Waals surface area contributed by atoms with E-state index in [4.69, 9.17) is 4.74 Å². The van der Waals surface area contributed by atoms with Crippen molar-refractivity contribution in [1.29, 1.82) is 0 Å². The van der Waals surface area contributed by atoms with Crippen LogP contribution in [0.2, 0.25) is 0 Å². The molecule has 6 nitrogen and oxygen atoms in total. The molecule has 0 aromatic heterocycles. The predicted molar refractivity (Wildman–Crippen MR) is 108 cm³/mol. The van der Waals surface area contributed by atoms with Gasteiger partial charge in [0, 0.05) is 19.6 Å². The smallest absolute Gasteiger partial charge is 0.258 e. The van der Waals surface area contributed by atoms with E-state index in [2.05, 4.69) is 17.3 Å². The molecule has 1 saturated heterocycles. The van der Waals surface area contributed by atoms with Crippen LogP contribution in [0.4, 0.5) is 0 Å². The van der Waals surface area contributed by atoms with Crippen LogP contribution in [0, 0.1) is 0 Å². The molecule has 2 unspecified atom stereocenters. The molecule has 0 saturated carbocycles. The third-order valence-electron chi connectivity index (χ3n) is 4.91. The molecule has 3 rings (SSSR count). The summed E-state index contributed by atoms with van der Waals surface area (Å²) >= 11 is 0. The highest BCUT2D eigenvalue weighted by Crippen LogP contribution is 2.25. The zero-order valence-electron chi connectivity index (χ0n) is 16.4. The maximum atomic E-state index is 13.1. The first-order valence-corrected chi connectivity index (χ1v) is 9.56. The largest absolute Gasteiger partial charge is 0.484 e. The zero-order valence-corrected chi connectivity index (χ0v) is 16.4. The number of likely N-dealkylation sites (N-methyl/N-ethyl adjacent to an activating group) is 1. The Morgan fingerprint density at radius 2 is 1.71 bits per heavy atom. The van der Waals surface area contributed by atoms with Crippen molar-refractivity contribution < 1.29 is 14.3 Å². The standard InChI is InChI=1S/C22H27N3O3/c1-17(23-21(26)16-28-19-11-7-4-8-12-19)22(27)25-14-13-24(2)15-20(25)18-9-5-3-6-10-18/h3-12,17,20H,13-16H2,1-2H3,(H,23,26). The fourth-order valence-electron chi connectivity index (χ4n) is 3.40. The molecule has 1 heterocycles. The van der Waals surface area contributed by atoms with Crippen LogP contribution < -0.4 is 10.1 Å². The van der Waals surface area contributed by atoms with Crippen molar-refractivity contribution in [3.63, 3.8) is 0 Å². The monoisotopic (exact) mass is 381 g/mol. The molecule has 1 N–H and O–H groups in total. The van der Waals surface area contributed by atoms with E-state index in [1.807, 2.05) is 53.4 Å². The van der Waals surface area contributed by atoms with Gasteiger partial charge in [-0.2, -0.15) is 0 Å². The molecule has 2 aromatic rings. The van der Waals surface area contributed by atoms with Gasteiger partial charge in [-0.25, -0.2) is 0 Å². The van der Waals surface area contributed by atoms with Crippen molar-refractivity contribution in [2.75, 3.05) is 33.3 Å². The van der Waals surface area contributed by atoms with E-state index in [1.165, 1.54) is 0 Å². The molecule has 2 aromatic carbocycles. The van der Waals surface area contributed by atoms with Crippen molar-refractivity contribution >= 4 is 11.8 Å². The van der Waals surface area contributed by atoms with E-state index in [-0.39, 0.29) is 24.5 Å². The molecule has 2 amide bonds. The van der Waals surface area contributed by atoms with Gasteiger partial charge in [-0.05, 0) is 31.7 Å². The number of nitrogens with zero attached hydrogens (tertiary/aromatic N) is 2. The average molecular weight is 381 g/mol. The van der Waals surface area contributed by atoms with Gasteiger partial charge in [0.2, 0.25) is 5.91 Å². The summed E-state index contributed by atoms with van der Waals surface area (Å²) in [5.74, 6) is 0.241. The Bertz CT molecular complexity index is 782. The summed E-state index contributed by atoms with van der Waals surface area (Å²) in [6, 6.07) is 18.5. The third-order valence-corrected chi connectivity index (χ3v) is 4.91. The number of piperazine rings is 1. The number of hydrogen-bond donors (Lipinski definition) is 1. The van der Waals surface area contributed by atoms with Crippen molar-refractivity contribution in [3.8, 4) is 5.75 Å². The molecular formula is C22H27N3O3. The number of carbonyl (C=O) groups excluding carboxylic acids is 2. The quantitative estimate of drug-likeness (QED) is 0.832. The minimum Gasteiger partial charge on any atom is -0.484 e. The van der Waals surface area contributed by atoms with Crippen LogP contribution in [-0.2, 0) is 9.59 Å². The van der Waals surface area contributed by atoms with Gasteiger partial charge in [-0.15, -0.1) is 0 Å². The highest BCUT2D eigenvalue weighted by molar-refractivity contribution is 5.88. The van der Waals surface area contributed by atoms with E-state index in [1.54, 1.807) is 19.1 Å². The molecule has 1 aliphatic rings. The van der Waals surface area contributed by atoms with Crippen LogP contribution >= 0.6 is 0 Å². The lowest BCUT2D eigenvalue weighted by molar-refractivity contribution is -0.140. The van der Waals surface area contributed by atoms with Crippen molar-refractivity contribution in [2.24, 2.45) is 0 Å². The van der Waals surface area contributed by atoms with E-state index < -0.39 is 6.04 Å². The summed E-state index contributed by atoms with van der Waals surface area (Å²) in [6.45, 7) is 3.83. The lowest BCUT2D eigenvalue weighted by Gasteiger charge is -2.41. The highest BCUT2D eigenvalue weighted by atomic mass is 16.5. The lowest BCUT2D eigenvalue weighted by atomic mass is 10.0. The van der Waals surface area contributed by atoms with Crippen LogP contribution in [0.1, 0.15) is 18.5 Å². The predicted octanol–water partition coefficient (Wildman–Crippen LogP) is 2.09. The van der Waals surface area contributed by atoms with Gasteiger partial charge in [0.1, 0.15) is 11.8 Å². The second-order valence-corrected chi connectivity index (χ2v) is 7.11. The van der Waals surface area contributed by atoms with E-state index in [0.717, 1.165) is 18.7 Å². The second-order valence-electron chi connectivity index (χ2n) is 7.11. The Hall–Kier alpha value is -2.86. The molecular weight excluding hydrogens is 354 g/mol. The molecule has 28 heavy (non-hydrogen) atoms. The molecule has 1 fully saturated rings. The Morgan fingerprint density at radius 3 is 2.39 bits per heavy atom. The fraction of sp³-hybridized carbons (Fsp3) is 0.364. The van der Waals surface area contributed by atoms with Crippen molar-refractivity contribution in [3.05, 3.63) is 66.2 Å². The summed E-state index contributed by atoms with van der Waals surface area (Å²) in [7, 11) is 2.06. The molecule has 0 spiro atoms. The van der Waals surface area contributed by atoms with Crippen molar-refractivity contribution in [1.82, 2.24) is 15.1 Å². The van der Waals surface area contributed by atoms with Gasteiger partial charge in [-0.3, -0.25) is 9.59 Å². The number of nitrogens with one attached hydrogen (secondary N) is 1. The highest BCUT2D eigenvalue weighted by Gasteiger charge is 2.32. The molecule has 148 valence electrons. The summed E-state index contributed by atoms with van der Waals surface area (Å²) in [5, 5.41) is 2.76. The summed E-state index contributed by atoms with van der Waals surface area (Å²) < 4.78 is 5.45. The van der Waals surface area contributed by atoms with Crippen molar-refractivity contribution in [2.45, 2.75) is 19.0 Å². The summed E-state index contributed by atoms with van der Waals surface area (Å²) in [5.41, 5.74) is 1.10. The van der Waals surface area contributed by atoms with Crippen LogP contribution in [0.25, 0.3) is 0 Å². The maximum Gasteiger partial charge on any atom is 0.258 e. The van der Waals surface area contributed by atoms with Gasteiger partial charge in [-0.1, -0.05) is 48.5 Å². The minimum absolute atomic E-state index is 0.0210. The molecule has 1 aliphatic heterocycles. The number of hydrogen-bond acceptors (Lipinski definition) is 4. The van der Waals surface area contributed by atoms with E-state index >= 15 is 0 Å². The fourth-order valence-corrected chi connectivity index (χ4v) is 3.40. The molecule has 0 radical (unpaired) electrons.